The number of hydrogen-bond acceptors (Lipinski definition) is 4. The smallest absolute Gasteiger partial charge is 0.121 e. The molecule has 0 aliphatic carbocycles. The third-order valence-corrected chi connectivity index (χ3v) is 7.46. The van der Waals surface area contributed by atoms with Gasteiger partial charge in [0.05, 0.1) is 12.7 Å². The standard InChI is InChI=1S/C32H39NO3/c1-32(2,23-34)27-15-16-28(30(36)22-27)29(35)14-9-19-33-20-17-26(18-21-33)31(24-10-5-3-6-11-24)25-12-7-4-8-13-25/h3-8,10-13,15-16,22,29,34-36H,9,14,17-21,23H2,1-2H3. The molecule has 0 spiro atoms. The molecule has 4 rings (SSSR count). The fourth-order valence-corrected chi connectivity index (χ4v) is 5.08. The number of aliphatic hydroxyl groups is 2. The van der Waals surface area contributed by atoms with E-state index >= 15 is 0 Å². The maximum atomic E-state index is 10.7. The highest BCUT2D eigenvalue weighted by atomic mass is 16.3. The van der Waals surface area contributed by atoms with Gasteiger partial charge in [-0.05, 0) is 60.6 Å². The van der Waals surface area contributed by atoms with Gasteiger partial charge >= 0.3 is 0 Å². The lowest BCUT2D eigenvalue weighted by Gasteiger charge is -2.30. The van der Waals surface area contributed by atoms with Crippen molar-refractivity contribution >= 4 is 5.57 Å². The SMILES string of the molecule is CC(C)(CO)c1ccc(C(O)CCCN2CCC(=C(c3ccccc3)c3ccccc3)CC2)c(O)c1. The predicted octanol–water partition coefficient (Wildman–Crippen LogP) is 6.07. The van der Waals surface area contributed by atoms with E-state index in [2.05, 4.69) is 65.6 Å². The van der Waals surface area contributed by atoms with E-state index < -0.39 is 11.5 Å². The van der Waals surface area contributed by atoms with E-state index in [4.69, 9.17) is 0 Å². The molecular weight excluding hydrogens is 446 g/mol. The van der Waals surface area contributed by atoms with E-state index in [1.165, 1.54) is 22.3 Å². The zero-order valence-corrected chi connectivity index (χ0v) is 21.5. The Kier molecular flexibility index (Phi) is 8.63. The molecule has 0 amide bonds. The maximum Gasteiger partial charge on any atom is 0.121 e. The first-order chi connectivity index (χ1) is 17.4. The highest BCUT2D eigenvalue weighted by molar-refractivity contribution is 5.82. The van der Waals surface area contributed by atoms with Crippen molar-refractivity contribution in [2.24, 2.45) is 0 Å². The number of aromatic hydroxyl groups is 1. The van der Waals surface area contributed by atoms with E-state index in [-0.39, 0.29) is 12.4 Å². The lowest BCUT2D eigenvalue weighted by Crippen LogP contribution is -2.32. The van der Waals surface area contributed by atoms with E-state index in [1.807, 2.05) is 19.9 Å². The molecule has 0 aromatic heterocycles. The third-order valence-electron chi connectivity index (χ3n) is 7.46. The third kappa shape index (κ3) is 6.25. The zero-order valence-electron chi connectivity index (χ0n) is 21.5. The van der Waals surface area contributed by atoms with Crippen LogP contribution in [0.15, 0.2) is 84.4 Å². The topological polar surface area (TPSA) is 63.9 Å². The summed E-state index contributed by atoms with van der Waals surface area (Å²) in [7, 11) is 0. The Morgan fingerprint density at radius 1 is 0.889 bits per heavy atom. The molecule has 1 heterocycles. The van der Waals surface area contributed by atoms with Crippen LogP contribution in [0, 0.1) is 0 Å². The van der Waals surface area contributed by atoms with Gasteiger partial charge in [-0.3, -0.25) is 0 Å². The zero-order chi connectivity index (χ0) is 25.5. The van der Waals surface area contributed by atoms with Crippen molar-refractivity contribution in [1.82, 2.24) is 4.90 Å². The van der Waals surface area contributed by atoms with Crippen molar-refractivity contribution in [2.45, 2.75) is 51.0 Å². The number of piperidine rings is 1. The summed E-state index contributed by atoms with van der Waals surface area (Å²) in [5, 5.41) is 30.8. The fraction of sp³-hybridized carbons (Fsp3) is 0.375. The quantitative estimate of drug-likeness (QED) is 0.344. The predicted molar refractivity (Wildman–Crippen MR) is 147 cm³/mol. The second-order valence-electron chi connectivity index (χ2n) is 10.5. The van der Waals surface area contributed by atoms with Gasteiger partial charge in [0.2, 0.25) is 0 Å². The van der Waals surface area contributed by atoms with Gasteiger partial charge in [0.1, 0.15) is 5.75 Å². The van der Waals surface area contributed by atoms with Crippen LogP contribution in [0.1, 0.15) is 67.9 Å². The van der Waals surface area contributed by atoms with Crippen molar-refractivity contribution in [3.63, 3.8) is 0 Å². The summed E-state index contributed by atoms with van der Waals surface area (Å²) >= 11 is 0. The van der Waals surface area contributed by atoms with Crippen LogP contribution in [0.4, 0.5) is 0 Å². The molecule has 1 atom stereocenters. The Bertz CT molecular complexity index is 1100. The highest BCUT2D eigenvalue weighted by Crippen LogP contribution is 2.34. The second-order valence-corrected chi connectivity index (χ2v) is 10.5. The van der Waals surface area contributed by atoms with Gasteiger partial charge in [-0.2, -0.15) is 0 Å². The Balaban J connectivity index is 1.34. The van der Waals surface area contributed by atoms with Crippen LogP contribution in [-0.4, -0.2) is 46.5 Å². The average molecular weight is 486 g/mol. The summed E-state index contributed by atoms with van der Waals surface area (Å²) in [6.07, 6.45) is 2.87. The molecule has 0 bridgehead atoms. The Morgan fingerprint density at radius 2 is 1.47 bits per heavy atom. The molecule has 1 aliphatic rings. The molecule has 36 heavy (non-hydrogen) atoms. The van der Waals surface area contributed by atoms with Crippen LogP contribution < -0.4 is 0 Å². The van der Waals surface area contributed by atoms with Crippen LogP contribution in [0.5, 0.6) is 5.75 Å². The lowest BCUT2D eigenvalue weighted by atomic mass is 9.84. The first kappa shape index (κ1) is 26.2. The first-order valence-corrected chi connectivity index (χ1v) is 13.1. The van der Waals surface area contributed by atoms with E-state index in [0.717, 1.165) is 44.5 Å². The highest BCUT2D eigenvalue weighted by Gasteiger charge is 2.23. The van der Waals surface area contributed by atoms with Gasteiger partial charge in [-0.15, -0.1) is 0 Å². The number of hydrogen-bond donors (Lipinski definition) is 3. The monoisotopic (exact) mass is 485 g/mol. The molecule has 1 aliphatic heterocycles. The Labute approximate surface area is 215 Å². The Morgan fingerprint density at radius 3 is 2.00 bits per heavy atom. The summed E-state index contributed by atoms with van der Waals surface area (Å²) in [6, 6.07) is 26.7. The normalized spacial score (nSPS) is 15.6. The molecule has 4 heteroatoms. The summed E-state index contributed by atoms with van der Waals surface area (Å²) in [6.45, 7) is 6.83. The molecule has 4 nitrogen and oxygen atoms in total. The van der Waals surface area contributed by atoms with Crippen molar-refractivity contribution in [1.29, 1.82) is 0 Å². The molecule has 1 fully saturated rings. The summed E-state index contributed by atoms with van der Waals surface area (Å²) < 4.78 is 0. The van der Waals surface area contributed by atoms with Gasteiger partial charge in [0, 0.05) is 24.1 Å². The number of likely N-dealkylation sites (tertiary alicyclic amines) is 1. The number of rotatable bonds is 9. The minimum Gasteiger partial charge on any atom is -0.508 e. The molecule has 0 radical (unpaired) electrons. The van der Waals surface area contributed by atoms with E-state index in [9.17, 15) is 15.3 Å². The minimum atomic E-state index is -0.695. The maximum absolute atomic E-state index is 10.7. The summed E-state index contributed by atoms with van der Waals surface area (Å²) in [4.78, 5) is 2.48. The fourth-order valence-electron chi connectivity index (χ4n) is 5.08. The lowest BCUT2D eigenvalue weighted by molar-refractivity contribution is 0.150. The van der Waals surface area contributed by atoms with Crippen molar-refractivity contribution in [2.75, 3.05) is 26.2 Å². The number of nitrogens with zero attached hydrogens (tertiary/aromatic N) is 1. The molecule has 190 valence electrons. The summed E-state index contributed by atoms with van der Waals surface area (Å²) in [5.74, 6) is 0.101. The molecular formula is C32H39NO3. The number of aliphatic hydroxyl groups excluding tert-OH is 2. The van der Waals surface area contributed by atoms with E-state index in [1.54, 1.807) is 12.1 Å². The average Bonchev–Trinajstić information content (AvgIpc) is 2.91. The second kappa shape index (κ2) is 11.9. The molecule has 1 saturated heterocycles. The van der Waals surface area contributed by atoms with Crippen LogP contribution in [0.3, 0.4) is 0 Å². The van der Waals surface area contributed by atoms with Crippen molar-refractivity contribution < 1.29 is 15.3 Å². The largest absolute Gasteiger partial charge is 0.508 e. The molecule has 1 unspecified atom stereocenters. The first-order valence-electron chi connectivity index (χ1n) is 13.1. The number of benzene rings is 3. The van der Waals surface area contributed by atoms with Crippen LogP contribution >= 0.6 is 0 Å². The summed E-state index contributed by atoms with van der Waals surface area (Å²) in [5.41, 5.74) is 6.44. The van der Waals surface area contributed by atoms with Gasteiger partial charge in [0.15, 0.2) is 0 Å². The molecule has 3 aromatic carbocycles. The Hall–Kier alpha value is -2.92. The van der Waals surface area contributed by atoms with Gasteiger partial charge in [0.25, 0.3) is 0 Å². The van der Waals surface area contributed by atoms with Crippen LogP contribution in [0.2, 0.25) is 0 Å². The minimum absolute atomic E-state index is 0.000726. The van der Waals surface area contributed by atoms with Gasteiger partial charge < -0.3 is 20.2 Å². The van der Waals surface area contributed by atoms with Crippen LogP contribution in [0.25, 0.3) is 5.57 Å². The number of phenolic OH excluding ortho intramolecular Hbond substituents is 1. The van der Waals surface area contributed by atoms with Crippen molar-refractivity contribution in [3.05, 3.63) is 107 Å². The molecule has 0 saturated carbocycles. The number of phenols is 1. The van der Waals surface area contributed by atoms with Gasteiger partial charge in [-0.25, -0.2) is 0 Å². The van der Waals surface area contributed by atoms with E-state index in [0.29, 0.717) is 12.0 Å². The van der Waals surface area contributed by atoms with Crippen LogP contribution in [-0.2, 0) is 5.41 Å². The van der Waals surface area contributed by atoms with Crippen molar-refractivity contribution in [3.8, 4) is 5.75 Å². The molecule has 3 N–H and O–H groups in total. The molecule has 3 aromatic rings. The van der Waals surface area contributed by atoms with Gasteiger partial charge in [-0.1, -0.05) is 92.2 Å².